The van der Waals surface area contributed by atoms with Crippen LogP contribution in [0.2, 0.25) is 5.02 Å². The van der Waals surface area contributed by atoms with Gasteiger partial charge in [0.25, 0.3) is 0 Å². The summed E-state index contributed by atoms with van der Waals surface area (Å²) in [5.41, 5.74) is 0.598. The number of halogens is 1. The van der Waals surface area contributed by atoms with Gasteiger partial charge in [-0.1, -0.05) is 11.6 Å². The summed E-state index contributed by atoms with van der Waals surface area (Å²) in [4.78, 5) is 11.3. The predicted octanol–water partition coefficient (Wildman–Crippen LogP) is 0.815. The number of amides is 2. The van der Waals surface area contributed by atoms with Crippen molar-refractivity contribution >= 4 is 23.3 Å². The molecule has 88 valence electrons. The molecule has 1 aromatic carbocycles. The van der Waals surface area contributed by atoms with Gasteiger partial charge in [0.1, 0.15) is 0 Å². The summed E-state index contributed by atoms with van der Waals surface area (Å²) in [5, 5.41) is 23.1. The van der Waals surface area contributed by atoms with E-state index in [4.69, 9.17) is 21.8 Å². The Hall–Kier alpha value is -1.30. The van der Waals surface area contributed by atoms with Crippen LogP contribution < -0.4 is 10.6 Å². The third-order valence-corrected chi connectivity index (χ3v) is 2.06. The van der Waals surface area contributed by atoms with Crippen LogP contribution in [0.4, 0.5) is 10.5 Å². The third-order valence-electron chi connectivity index (χ3n) is 1.81. The number of aliphatic hydroxyl groups excluding tert-OH is 2. The fraction of sp³-hybridized carbons (Fsp3) is 0.300. The zero-order valence-electron chi connectivity index (χ0n) is 8.48. The molecule has 0 aliphatic heterocycles. The Morgan fingerprint density at radius 2 is 2.00 bits per heavy atom. The monoisotopic (exact) mass is 244 g/mol. The van der Waals surface area contributed by atoms with Crippen LogP contribution in [-0.4, -0.2) is 35.5 Å². The molecule has 0 spiro atoms. The maximum Gasteiger partial charge on any atom is 0.319 e. The summed E-state index contributed by atoms with van der Waals surface area (Å²) in [6, 6.07) is 6.17. The summed E-state index contributed by atoms with van der Waals surface area (Å²) < 4.78 is 0. The van der Waals surface area contributed by atoms with Crippen molar-refractivity contribution in [3.63, 3.8) is 0 Å². The Bertz CT molecular complexity index is 342. The van der Waals surface area contributed by atoms with Crippen LogP contribution in [0.5, 0.6) is 0 Å². The molecular formula is C10H13ClN2O3. The minimum absolute atomic E-state index is 0.00404. The van der Waals surface area contributed by atoms with Gasteiger partial charge in [-0.25, -0.2) is 4.79 Å². The molecule has 0 bridgehead atoms. The van der Waals surface area contributed by atoms with Gasteiger partial charge >= 0.3 is 6.03 Å². The van der Waals surface area contributed by atoms with E-state index in [1.165, 1.54) is 0 Å². The van der Waals surface area contributed by atoms with Crippen LogP contribution in [-0.2, 0) is 0 Å². The molecule has 5 nitrogen and oxygen atoms in total. The van der Waals surface area contributed by atoms with E-state index in [0.717, 1.165) is 0 Å². The Kier molecular flexibility index (Phi) is 5.04. The second-order valence-electron chi connectivity index (χ2n) is 3.18. The summed E-state index contributed by atoms with van der Waals surface area (Å²) >= 11 is 5.68. The highest BCUT2D eigenvalue weighted by Crippen LogP contribution is 2.12. The van der Waals surface area contributed by atoms with Gasteiger partial charge in [0.2, 0.25) is 0 Å². The second kappa shape index (κ2) is 6.32. The highest BCUT2D eigenvalue weighted by molar-refractivity contribution is 6.30. The molecule has 16 heavy (non-hydrogen) atoms. The van der Waals surface area contributed by atoms with Gasteiger partial charge in [-0.3, -0.25) is 0 Å². The Balaban J connectivity index is 2.37. The molecule has 0 radical (unpaired) electrons. The predicted molar refractivity (Wildman–Crippen MR) is 61.6 cm³/mol. The number of nitrogens with one attached hydrogen (secondary N) is 2. The molecule has 0 heterocycles. The van der Waals surface area contributed by atoms with Crippen molar-refractivity contribution < 1.29 is 15.0 Å². The zero-order valence-corrected chi connectivity index (χ0v) is 9.24. The van der Waals surface area contributed by atoms with E-state index in [2.05, 4.69) is 10.6 Å². The lowest BCUT2D eigenvalue weighted by atomic mass is 10.3. The molecule has 0 fully saturated rings. The van der Waals surface area contributed by atoms with E-state index < -0.39 is 12.1 Å². The van der Waals surface area contributed by atoms with Crippen molar-refractivity contribution in [2.45, 2.75) is 6.10 Å². The van der Waals surface area contributed by atoms with Gasteiger partial charge in [0.15, 0.2) is 0 Å². The first-order valence-electron chi connectivity index (χ1n) is 4.71. The second-order valence-corrected chi connectivity index (χ2v) is 3.61. The van der Waals surface area contributed by atoms with E-state index in [-0.39, 0.29) is 13.2 Å². The number of anilines is 1. The molecule has 0 saturated carbocycles. The average Bonchev–Trinajstić information content (AvgIpc) is 2.29. The highest BCUT2D eigenvalue weighted by Gasteiger charge is 2.05. The molecule has 0 aliphatic carbocycles. The van der Waals surface area contributed by atoms with Crippen LogP contribution in [0, 0.1) is 0 Å². The first kappa shape index (κ1) is 12.8. The Morgan fingerprint density at radius 3 is 2.56 bits per heavy atom. The fourth-order valence-electron chi connectivity index (χ4n) is 0.984. The topological polar surface area (TPSA) is 81.6 Å². The minimum Gasteiger partial charge on any atom is -0.394 e. The molecule has 1 atom stereocenters. The molecule has 1 aromatic rings. The largest absolute Gasteiger partial charge is 0.394 e. The van der Waals surface area contributed by atoms with Crippen LogP contribution >= 0.6 is 11.6 Å². The van der Waals surface area contributed by atoms with E-state index in [0.29, 0.717) is 10.7 Å². The van der Waals surface area contributed by atoms with Crippen molar-refractivity contribution in [2.75, 3.05) is 18.5 Å². The summed E-state index contributed by atoms with van der Waals surface area (Å²) in [6.07, 6.45) is -0.948. The first-order chi connectivity index (χ1) is 7.61. The lowest BCUT2D eigenvalue weighted by Gasteiger charge is -2.10. The molecule has 0 aliphatic rings. The van der Waals surface area contributed by atoms with Crippen molar-refractivity contribution in [3.05, 3.63) is 29.3 Å². The molecule has 2 amide bonds. The summed E-state index contributed by atoms with van der Waals surface area (Å²) in [5.74, 6) is 0. The highest BCUT2D eigenvalue weighted by atomic mass is 35.5. The molecule has 6 heteroatoms. The maximum atomic E-state index is 11.3. The Labute approximate surface area is 98.0 Å². The summed E-state index contributed by atoms with van der Waals surface area (Å²) in [7, 11) is 0. The molecule has 1 unspecified atom stereocenters. The van der Waals surface area contributed by atoms with Crippen LogP contribution in [0.1, 0.15) is 0 Å². The van der Waals surface area contributed by atoms with E-state index in [1.54, 1.807) is 24.3 Å². The van der Waals surface area contributed by atoms with Gasteiger partial charge in [0, 0.05) is 17.3 Å². The van der Waals surface area contributed by atoms with Crippen molar-refractivity contribution in [1.29, 1.82) is 0 Å². The molecular weight excluding hydrogens is 232 g/mol. The van der Waals surface area contributed by atoms with Crippen molar-refractivity contribution in [3.8, 4) is 0 Å². The van der Waals surface area contributed by atoms with Crippen molar-refractivity contribution in [2.24, 2.45) is 0 Å². The van der Waals surface area contributed by atoms with Gasteiger partial charge in [-0.2, -0.15) is 0 Å². The molecule has 0 saturated heterocycles. The number of carbonyl (C=O) groups is 1. The lowest BCUT2D eigenvalue weighted by Crippen LogP contribution is -2.36. The van der Waals surface area contributed by atoms with E-state index in [9.17, 15) is 4.79 Å². The number of aliphatic hydroxyl groups is 2. The number of benzene rings is 1. The van der Waals surface area contributed by atoms with E-state index >= 15 is 0 Å². The minimum atomic E-state index is -0.948. The zero-order chi connectivity index (χ0) is 12.0. The van der Waals surface area contributed by atoms with E-state index in [1.807, 2.05) is 0 Å². The number of carbonyl (C=O) groups excluding carboxylic acids is 1. The summed E-state index contributed by atoms with van der Waals surface area (Å²) in [6.45, 7) is -0.392. The van der Waals surface area contributed by atoms with Crippen molar-refractivity contribution in [1.82, 2.24) is 5.32 Å². The third kappa shape index (κ3) is 4.48. The van der Waals surface area contributed by atoms with Gasteiger partial charge in [-0.05, 0) is 24.3 Å². The quantitative estimate of drug-likeness (QED) is 0.633. The van der Waals surface area contributed by atoms with Crippen LogP contribution in [0.25, 0.3) is 0 Å². The standard InChI is InChI=1S/C10H13ClN2O3/c11-7-1-3-8(4-2-7)13-10(16)12-5-9(15)6-14/h1-4,9,14-15H,5-6H2,(H2,12,13,16). The number of hydrogen-bond acceptors (Lipinski definition) is 3. The SMILES string of the molecule is O=C(NCC(O)CO)Nc1ccc(Cl)cc1. The molecule has 1 rings (SSSR count). The van der Waals surface area contributed by atoms with Crippen LogP contribution in [0.3, 0.4) is 0 Å². The smallest absolute Gasteiger partial charge is 0.319 e. The number of rotatable bonds is 4. The molecule has 4 N–H and O–H groups in total. The number of hydrogen-bond donors (Lipinski definition) is 4. The van der Waals surface area contributed by atoms with Gasteiger partial charge in [-0.15, -0.1) is 0 Å². The maximum absolute atomic E-state index is 11.3. The van der Waals surface area contributed by atoms with Crippen LogP contribution in [0.15, 0.2) is 24.3 Å². The number of urea groups is 1. The fourth-order valence-corrected chi connectivity index (χ4v) is 1.11. The van der Waals surface area contributed by atoms with Gasteiger partial charge < -0.3 is 20.8 Å². The first-order valence-corrected chi connectivity index (χ1v) is 5.09. The normalized spacial score (nSPS) is 11.9. The lowest BCUT2D eigenvalue weighted by molar-refractivity contribution is 0.0965. The average molecular weight is 245 g/mol. The Morgan fingerprint density at radius 1 is 1.38 bits per heavy atom. The molecule has 0 aromatic heterocycles. The van der Waals surface area contributed by atoms with Gasteiger partial charge in [0.05, 0.1) is 12.7 Å².